The van der Waals surface area contributed by atoms with Crippen LogP contribution in [0.25, 0.3) is 0 Å². The number of piperidine rings is 2. The highest BCUT2D eigenvalue weighted by atomic mass is 35.5. The number of thioether (sulfide) groups is 2. The first kappa shape index (κ1) is 25.6. The van der Waals surface area contributed by atoms with Gasteiger partial charge in [0.25, 0.3) is 5.92 Å². The summed E-state index contributed by atoms with van der Waals surface area (Å²) >= 11 is 9.15. The smallest absolute Gasteiger partial charge is 0.251 e. The molecular formula is C27H27ClF2N2O2S2. The number of alkyl halides is 2. The molecular weight excluding hydrogens is 522 g/mol. The molecule has 0 saturated carbocycles. The summed E-state index contributed by atoms with van der Waals surface area (Å²) in [6.07, 6.45) is 1.92. The molecule has 2 aromatic carbocycles. The fourth-order valence-electron chi connectivity index (χ4n) is 5.32. The second-order valence-electron chi connectivity index (χ2n) is 9.62. The molecule has 9 heteroatoms. The van der Waals surface area contributed by atoms with Crippen molar-refractivity contribution in [2.24, 2.45) is 5.92 Å². The van der Waals surface area contributed by atoms with Crippen molar-refractivity contribution in [3.05, 3.63) is 70.6 Å². The second-order valence-corrected chi connectivity index (χ2v) is 12.5. The molecule has 2 fully saturated rings. The number of rotatable bonds is 5. The van der Waals surface area contributed by atoms with Gasteiger partial charge in [-0.2, -0.15) is 0 Å². The van der Waals surface area contributed by atoms with Crippen molar-refractivity contribution in [1.29, 1.82) is 0 Å². The third-order valence-electron chi connectivity index (χ3n) is 7.31. The largest absolute Gasteiger partial charge is 0.371 e. The van der Waals surface area contributed by atoms with Gasteiger partial charge in [0, 0.05) is 54.1 Å². The van der Waals surface area contributed by atoms with Gasteiger partial charge in [0.2, 0.25) is 5.91 Å². The molecule has 3 heterocycles. The van der Waals surface area contributed by atoms with Crippen LogP contribution in [0.5, 0.6) is 0 Å². The van der Waals surface area contributed by atoms with Gasteiger partial charge in [-0.05, 0) is 35.2 Å². The monoisotopic (exact) mass is 548 g/mol. The summed E-state index contributed by atoms with van der Waals surface area (Å²) in [6, 6.07) is 14.9. The standard InChI is InChI=1S/C27H27ClF2N2O2S2/c1-17-20(10-15-35-17)27(18-6-8-19(9-7-18)32-13-11-26(29,30)12-14-32)16-22(33)24(25(34)31-27)36-23-5-3-2-4-21(23)28/h2-10,15,17,20,24H,11-14,16H2,1H3,(H,31,34). The first-order chi connectivity index (χ1) is 17.2. The van der Waals surface area contributed by atoms with Crippen LogP contribution in [0, 0.1) is 5.92 Å². The SMILES string of the molecule is CC1SC=CC1C1(c2ccc(N3CCC(F)(F)CC3)cc2)CC(=O)C(Sc2ccccc2Cl)C(=O)N1. The molecule has 0 aliphatic carbocycles. The van der Waals surface area contributed by atoms with E-state index in [0.717, 1.165) is 11.3 Å². The summed E-state index contributed by atoms with van der Waals surface area (Å²) in [5.74, 6) is -3.13. The van der Waals surface area contributed by atoms with Crippen LogP contribution in [0.1, 0.15) is 31.7 Å². The number of Topliss-reactive ketones (excluding diaryl/α,β-unsaturated/α-hetero) is 1. The molecule has 0 radical (unpaired) electrons. The van der Waals surface area contributed by atoms with E-state index in [2.05, 4.69) is 18.3 Å². The minimum absolute atomic E-state index is 0.0683. The summed E-state index contributed by atoms with van der Waals surface area (Å²) < 4.78 is 27.2. The maximum atomic E-state index is 13.6. The molecule has 36 heavy (non-hydrogen) atoms. The lowest BCUT2D eigenvalue weighted by atomic mass is 9.71. The lowest BCUT2D eigenvalue weighted by molar-refractivity contribution is -0.134. The van der Waals surface area contributed by atoms with Gasteiger partial charge in [-0.25, -0.2) is 8.78 Å². The molecule has 5 rings (SSSR count). The topological polar surface area (TPSA) is 49.4 Å². The number of hydrogen-bond acceptors (Lipinski definition) is 5. The molecule has 0 bridgehead atoms. The Kier molecular flexibility index (Phi) is 7.13. The lowest BCUT2D eigenvalue weighted by Gasteiger charge is -2.45. The number of anilines is 1. The van der Waals surface area contributed by atoms with Gasteiger partial charge in [0.1, 0.15) is 5.25 Å². The highest BCUT2D eigenvalue weighted by Crippen LogP contribution is 2.47. The predicted octanol–water partition coefficient (Wildman–Crippen LogP) is 6.29. The van der Waals surface area contributed by atoms with Crippen molar-refractivity contribution in [3.8, 4) is 0 Å². The highest BCUT2D eigenvalue weighted by Gasteiger charge is 2.52. The lowest BCUT2D eigenvalue weighted by Crippen LogP contribution is -2.61. The van der Waals surface area contributed by atoms with Crippen LogP contribution in [0.3, 0.4) is 0 Å². The molecule has 1 N–H and O–H groups in total. The third kappa shape index (κ3) is 4.92. The van der Waals surface area contributed by atoms with E-state index < -0.39 is 16.7 Å². The summed E-state index contributed by atoms with van der Waals surface area (Å²) in [7, 11) is 0. The Morgan fingerprint density at radius 2 is 1.78 bits per heavy atom. The maximum absolute atomic E-state index is 13.6. The second kappa shape index (κ2) is 10.0. The van der Waals surface area contributed by atoms with E-state index in [1.165, 1.54) is 11.8 Å². The van der Waals surface area contributed by atoms with E-state index in [4.69, 9.17) is 11.6 Å². The van der Waals surface area contributed by atoms with Crippen LogP contribution in [-0.4, -0.2) is 41.2 Å². The quantitative estimate of drug-likeness (QED) is 0.445. The number of carbonyl (C=O) groups excluding carboxylic acids is 2. The highest BCUT2D eigenvalue weighted by molar-refractivity contribution is 8.03. The van der Waals surface area contributed by atoms with Gasteiger partial charge >= 0.3 is 0 Å². The molecule has 4 atom stereocenters. The van der Waals surface area contributed by atoms with Gasteiger partial charge in [-0.15, -0.1) is 23.5 Å². The van der Waals surface area contributed by atoms with Gasteiger partial charge in [-0.3, -0.25) is 9.59 Å². The van der Waals surface area contributed by atoms with Crippen molar-refractivity contribution in [3.63, 3.8) is 0 Å². The summed E-state index contributed by atoms with van der Waals surface area (Å²) in [5.41, 5.74) is 0.841. The van der Waals surface area contributed by atoms with Crippen LogP contribution in [0.4, 0.5) is 14.5 Å². The number of benzene rings is 2. The molecule has 0 aromatic heterocycles. The zero-order valence-electron chi connectivity index (χ0n) is 19.8. The summed E-state index contributed by atoms with van der Waals surface area (Å²) in [5, 5.41) is 5.09. The van der Waals surface area contributed by atoms with Crippen molar-refractivity contribution in [1.82, 2.24) is 5.32 Å². The Morgan fingerprint density at radius 1 is 1.08 bits per heavy atom. The van der Waals surface area contributed by atoms with E-state index >= 15 is 0 Å². The zero-order chi connectivity index (χ0) is 25.5. The number of nitrogens with one attached hydrogen (secondary N) is 1. The van der Waals surface area contributed by atoms with Crippen molar-refractivity contribution >= 4 is 52.5 Å². The number of amides is 1. The van der Waals surface area contributed by atoms with Crippen LogP contribution in [-0.2, 0) is 15.1 Å². The van der Waals surface area contributed by atoms with Crippen LogP contribution < -0.4 is 10.2 Å². The Morgan fingerprint density at radius 3 is 2.39 bits per heavy atom. The molecule has 3 aliphatic heterocycles. The van der Waals surface area contributed by atoms with E-state index in [9.17, 15) is 18.4 Å². The van der Waals surface area contributed by atoms with Gasteiger partial charge in [0.15, 0.2) is 5.78 Å². The molecule has 2 aromatic rings. The Balaban J connectivity index is 1.42. The van der Waals surface area contributed by atoms with Crippen molar-refractivity contribution < 1.29 is 18.4 Å². The summed E-state index contributed by atoms with van der Waals surface area (Å²) in [4.78, 5) is 29.6. The minimum Gasteiger partial charge on any atom is -0.371 e. The summed E-state index contributed by atoms with van der Waals surface area (Å²) in [6.45, 7) is 2.69. The number of ketones is 1. The number of nitrogens with zero attached hydrogens (tertiary/aromatic N) is 1. The van der Waals surface area contributed by atoms with Gasteiger partial charge < -0.3 is 10.2 Å². The molecule has 4 unspecified atom stereocenters. The molecule has 0 spiro atoms. The molecule has 2 saturated heterocycles. The number of hydrogen-bond donors (Lipinski definition) is 1. The fourth-order valence-corrected chi connectivity index (χ4v) is 7.56. The molecule has 1 amide bonds. The molecule has 3 aliphatic rings. The average molecular weight is 549 g/mol. The van der Waals surface area contributed by atoms with E-state index in [1.807, 2.05) is 52.8 Å². The van der Waals surface area contributed by atoms with Crippen molar-refractivity contribution in [2.75, 3.05) is 18.0 Å². The first-order valence-corrected chi connectivity index (χ1v) is 14.2. The van der Waals surface area contributed by atoms with Crippen molar-refractivity contribution in [2.45, 2.75) is 53.0 Å². The molecule has 190 valence electrons. The van der Waals surface area contributed by atoms with E-state index in [1.54, 1.807) is 17.8 Å². The fraction of sp³-hybridized carbons (Fsp3) is 0.407. The average Bonchev–Trinajstić information content (AvgIpc) is 3.29. The maximum Gasteiger partial charge on any atom is 0.251 e. The number of halogens is 3. The Labute approximate surface area is 223 Å². The molecule has 4 nitrogen and oxygen atoms in total. The Hall–Kier alpha value is -2.03. The number of carbonyl (C=O) groups is 2. The zero-order valence-corrected chi connectivity index (χ0v) is 22.1. The van der Waals surface area contributed by atoms with Crippen LogP contribution in [0.15, 0.2) is 64.9 Å². The van der Waals surface area contributed by atoms with Crippen LogP contribution in [0.2, 0.25) is 5.02 Å². The third-order valence-corrected chi connectivity index (χ3v) is 10.1. The minimum atomic E-state index is -2.60. The predicted molar refractivity (Wildman–Crippen MR) is 143 cm³/mol. The van der Waals surface area contributed by atoms with Gasteiger partial charge in [-0.1, -0.05) is 48.9 Å². The van der Waals surface area contributed by atoms with E-state index in [-0.39, 0.29) is 42.1 Å². The normalized spacial score (nSPS) is 29.9. The van der Waals surface area contributed by atoms with Gasteiger partial charge in [0.05, 0.1) is 10.6 Å². The van der Waals surface area contributed by atoms with E-state index in [0.29, 0.717) is 23.0 Å². The van der Waals surface area contributed by atoms with Crippen LogP contribution >= 0.6 is 35.1 Å². The first-order valence-electron chi connectivity index (χ1n) is 12.0. The Bertz CT molecular complexity index is 1160.